The molecular weight excluding hydrogens is 248 g/mol. The van der Waals surface area contributed by atoms with E-state index in [2.05, 4.69) is 18.1 Å². The van der Waals surface area contributed by atoms with Crippen LogP contribution >= 0.6 is 0 Å². The zero-order chi connectivity index (χ0) is 14.4. The number of carbonyl (C=O) groups is 1. The highest BCUT2D eigenvalue weighted by Gasteiger charge is 2.28. The number of nitrogens with zero attached hydrogens (tertiary/aromatic N) is 1. The molecule has 1 aromatic carbocycles. The van der Waals surface area contributed by atoms with E-state index in [-0.39, 0.29) is 5.91 Å². The molecule has 0 radical (unpaired) electrons. The average molecular weight is 270 g/mol. The topological polar surface area (TPSA) is 46.3 Å². The van der Waals surface area contributed by atoms with Crippen molar-refractivity contribution in [3.05, 3.63) is 35.9 Å². The number of rotatable bonds is 7. The predicted octanol–water partition coefficient (Wildman–Crippen LogP) is 1.82. The van der Waals surface area contributed by atoms with Crippen LogP contribution in [0, 0.1) is 18.3 Å². The Balaban J connectivity index is 1.84. The molecule has 0 aliphatic heterocycles. The molecule has 1 atom stereocenters. The summed E-state index contributed by atoms with van der Waals surface area (Å²) in [6.07, 6.45) is 9.23. The maximum atomic E-state index is 12.3. The summed E-state index contributed by atoms with van der Waals surface area (Å²) < 4.78 is 0. The van der Waals surface area contributed by atoms with Gasteiger partial charge in [0.1, 0.15) is 0 Å². The summed E-state index contributed by atoms with van der Waals surface area (Å²) in [7, 11) is 0. The molecule has 2 rings (SSSR count). The van der Waals surface area contributed by atoms with Crippen molar-refractivity contribution in [2.45, 2.75) is 31.7 Å². The van der Waals surface area contributed by atoms with Crippen LogP contribution in [0.5, 0.6) is 0 Å². The Morgan fingerprint density at radius 3 is 2.70 bits per heavy atom. The summed E-state index contributed by atoms with van der Waals surface area (Å²) in [5, 5.41) is 0. The number of hydrogen-bond donors (Lipinski definition) is 1. The Morgan fingerprint density at radius 2 is 2.10 bits per heavy atom. The molecule has 106 valence electrons. The molecule has 0 heterocycles. The number of hydrogen-bond acceptors (Lipinski definition) is 2. The maximum absolute atomic E-state index is 12.3. The van der Waals surface area contributed by atoms with Gasteiger partial charge in [-0.3, -0.25) is 4.79 Å². The van der Waals surface area contributed by atoms with Crippen molar-refractivity contribution in [3.8, 4) is 12.3 Å². The van der Waals surface area contributed by atoms with Crippen molar-refractivity contribution in [3.63, 3.8) is 0 Å². The highest BCUT2D eigenvalue weighted by atomic mass is 16.2. The first kappa shape index (κ1) is 14.6. The third-order valence-electron chi connectivity index (χ3n) is 3.67. The Bertz CT molecular complexity index is 474. The van der Waals surface area contributed by atoms with Crippen LogP contribution in [0.2, 0.25) is 0 Å². The minimum absolute atomic E-state index is 0.00854. The number of amides is 1. The van der Waals surface area contributed by atoms with Crippen molar-refractivity contribution in [2.75, 3.05) is 13.1 Å². The molecule has 1 saturated carbocycles. The zero-order valence-corrected chi connectivity index (χ0v) is 11.8. The highest BCUT2D eigenvalue weighted by Crippen LogP contribution is 2.29. The number of terminal acetylenes is 1. The third-order valence-corrected chi connectivity index (χ3v) is 3.67. The zero-order valence-electron chi connectivity index (χ0n) is 11.8. The second-order valence-electron chi connectivity index (χ2n) is 5.50. The van der Waals surface area contributed by atoms with Gasteiger partial charge in [0, 0.05) is 6.54 Å². The van der Waals surface area contributed by atoms with Gasteiger partial charge in [0.2, 0.25) is 5.91 Å². The van der Waals surface area contributed by atoms with Gasteiger partial charge in [-0.15, -0.1) is 6.42 Å². The van der Waals surface area contributed by atoms with E-state index in [4.69, 9.17) is 12.2 Å². The minimum Gasteiger partial charge on any atom is -0.330 e. The molecular formula is C17H22N2O. The number of nitrogens with two attached hydrogens (primary N) is 1. The molecule has 0 aromatic heterocycles. The lowest BCUT2D eigenvalue weighted by molar-refractivity contribution is -0.132. The molecule has 1 aliphatic carbocycles. The second kappa shape index (κ2) is 7.12. The van der Waals surface area contributed by atoms with Gasteiger partial charge >= 0.3 is 0 Å². The van der Waals surface area contributed by atoms with Gasteiger partial charge < -0.3 is 10.6 Å². The van der Waals surface area contributed by atoms with E-state index < -0.39 is 6.04 Å². The van der Waals surface area contributed by atoms with Crippen LogP contribution < -0.4 is 5.73 Å². The van der Waals surface area contributed by atoms with Crippen molar-refractivity contribution in [1.82, 2.24) is 4.90 Å². The molecule has 2 N–H and O–H groups in total. The first-order chi connectivity index (χ1) is 9.70. The molecule has 1 fully saturated rings. The van der Waals surface area contributed by atoms with Crippen molar-refractivity contribution < 1.29 is 4.79 Å². The molecule has 1 aromatic rings. The molecule has 1 unspecified atom stereocenters. The summed E-state index contributed by atoms with van der Waals surface area (Å²) in [6, 6.07) is 9.64. The monoisotopic (exact) mass is 270 g/mol. The lowest BCUT2D eigenvalue weighted by Crippen LogP contribution is -2.45. The van der Waals surface area contributed by atoms with Gasteiger partial charge in [0.25, 0.3) is 0 Å². The lowest BCUT2D eigenvalue weighted by Gasteiger charge is -2.23. The van der Waals surface area contributed by atoms with Crippen LogP contribution in [0.15, 0.2) is 30.3 Å². The van der Waals surface area contributed by atoms with Crippen molar-refractivity contribution >= 4 is 5.91 Å². The average Bonchev–Trinajstić information content (AvgIpc) is 3.28. The van der Waals surface area contributed by atoms with Crippen LogP contribution in [0.25, 0.3) is 0 Å². The second-order valence-corrected chi connectivity index (χ2v) is 5.50. The molecule has 0 spiro atoms. The van der Waals surface area contributed by atoms with Gasteiger partial charge in [0.05, 0.1) is 12.6 Å². The van der Waals surface area contributed by atoms with E-state index in [1.165, 1.54) is 18.4 Å². The van der Waals surface area contributed by atoms with Crippen LogP contribution in [-0.2, 0) is 11.2 Å². The first-order valence-electron chi connectivity index (χ1n) is 7.22. The van der Waals surface area contributed by atoms with Crippen LogP contribution in [0.4, 0.5) is 0 Å². The summed E-state index contributed by atoms with van der Waals surface area (Å²) in [5.74, 6) is 3.18. The minimum atomic E-state index is -0.456. The standard InChI is InChI=1S/C17H22N2O/c1-2-12-19(13-15-8-9-15)17(20)16(18)11-10-14-6-4-3-5-7-14/h1,3-7,15-16H,8-13,18H2. The van der Waals surface area contributed by atoms with Crippen molar-refractivity contribution in [2.24, 2.45) is 11.7 Å². The molecule has 3 nitrogen and oxygen atoms in total. The molecule has 0 bridgehead atoms. The quantitative estimate of drug-likeness (QED) is 0.768. The third kappa shape index (κ3) is 4.40. The van der Waals surface area contributed by atoms with E-state index in [9.17, 15) is 4.79 Å². The molecule has 1 amide bonds. The molecule has 3 heteroatoms. The highest BCUT2D eigenvalue weighted by molar-refractivity contribution is 5.82. The van der Waals surface area contributed by atoms with Crippen LogP contribution in [0.1, 0.15) is 24.8 Å². The van der Waals surface area contributed by atoms with Crippen LogP contribution in [-0.4, -0.2) is 29.9 Å². The maximum Gasteiger partial charge on any atom is 0.240 e. The largest absolute Gasteiger partial charge is 0.330 e. The first-order valence-corrected chi connectivity index (χ1v) is 7.22. The Morgan fingerprint density at radius 1 is 1.40 bits per heavy atom. The summed E-state index contributed by atoms with van der Waals surface area (Å²) in [6.45, 7) is 1.14. The van der Waals surface area contributed by atoms with Gasteiger partial charge in [-0.25, -0.2) is 0 Å². The fourth-order valence-electron chi connectivity index (χ4n) is 2.28. The fourth-order valence-corrected chi connectivity index (χ4v) is 2.28. The Labute approximate surface area is 121 Å². The SMILES string of the molecule is C#CCN(CC1CC1)C(=O)C(N)CCc1ccccc1. The lowest BCUT2D eigenvalue weighted by atomic mass is 10.0. The van der Waals surface area contributed by atoms with Gasteiger partial charge in [-0.05, 0) is 37.2 Å². The Kier molecular flexibility index (Phi) is 5.20. The number of carbonyl (C=O) groups excluding carboxylic acids is 1. The summed E-state index contributed by atoms with van der Waals surface area (Å²) in [5.41, 5.74) is 7.24. The number of benzene rings is 1. The van der Waals surface area contributed by atoms with E-state index in [0.717, 1.165) is 13.0 Å². The van der Waals surface area contributed by atoms with E-state index in [1.807, 2.05) is 18.2 Å². The normalized spacial score (nSPS) is 15.4. The van der Waals surface area contributed by atoms with E-state index in [0.29, 0.717) is 18.9 Å². The summed E-state index contributed by atoms with van der Waals surface area (Å²) >= 11 is 0. The molecule has 20 heavy (non-hydrogen) atoms. The smallest absolute Gasteiger partial charge is 0.240 e. The van der Waals surface area contributed by atoms with Crippen molar-refractivity contribution in [1.29, 1.82) is 0 Å². The Hall–Kier alpha value is -1.79. The predicted molar refractivity (Wildman–Crippen MR) is 80.9 cm³/mol. The fraction of sp³-hybridized carbons (Fsp3) is 0.471. The number of aryl methyl sites for hydroxylation is 1. The van der Waals surface area contributed by atoms with E-state index >= 15 is 0 Å². The summed E-state index contributed by atoms with van der Waals surface area (Å²) in [4.78, 5) is 14.1. The van der Waals surface area contributed by atoms with Gasteiger partial charge in [-0.1, -0.05) is 36.3 Å². The van der Waals surface area contributed by atoms with E-state index in [1.54, 1.807) is 4.90 Å². The van der Waals surface area contributed by atoms with Gasteiger partial charge in [0.15, 0.2) is 0 Å². The molecule has 0 saturated heterocycles. The molecule has 1 aliphatic rings. The van der Waals surface area contributed by atoms with Crippen LogP contribution in [0.3, 0.4) is 0 Å². The van der Waals surface area contributed by atoms with Gasteiger partial charge in [-0.2, -0.15) is 0 Å².